The number of rotatable bonds is 7. The van der Waals surface area contributed by atoms with Crippen LogP contribution in [0.4, 0.5) is 0 Å². The largest absolute Gasteiger partial charge is 0.449 e. The Morgan fingerprint density at radius 1 is 1.36 bits per heavy atom. The number of nitrogens with zero attached hydrogens (tertiary/aromatic N) is 1. The molecule has 1 N–H and O–H groups in total. The first-order valence-corrected chi connectivity index (χ1v) is 9.50. The molecule has 0 saturated carbocycles. The van der Waals surface area contributed by atoms with Crippen molar-refractivity contribution in [2.75, 3.05) is 19.6 Å². The van der Waals surface area contributed by atoms with Gasteiger partial charge in [0.15, 0.2) is 6.10 Å². The molecule has 1 amide bonds. The minimum atomic E-state index is -3.62. The molecule has 1 fully saturated rings. The van der Waals surface area contributed by atoms with E-state index in [9.17, 15) is 18.0 Å². The molecule has 1 aromatic rings. The number of benzene rings is 1. The zero-order valence-electron chi connectivity index (χ0n) is 14.1. The summed E-state index contributed by atoms with van der Waals surface area (Å²) >= 11 is 0. The van der Waals surface area contributed by atoms with Crippen LogP contribution in [0.15, 0.2) is 41.8 Å². The minimum Gasteiger partial charge on any atom is -0.449 e. The van der Waals surface area contributed by atoms with Gasteiger partial charge in [0, 0.05) is 19.6 Å². The molecule has 25 heavy (non-hydrogen) atoms. The van der Waals surface area contributed by atoms with E-state index in [4.69, 9.17) is 4.74 Å². The lowest BCUT2D eigenvalue weighted by Crippen LogP contribution is -2.35. The second kappa shape index (κ2) is 8.26. The third kappa shape index (κ3) is 4.67. The van der Waals surface area contributed by atoms with Crippen LogP contribution >= 0.6 is 0 Å². The topological polar surface area (TPSA) is 92.8 Å². The highest BCUT2D eigenvalue weighted by Crippen LogP contribution is 2.22. The van der Waals surface area contributed by atoms with E-state index in [2.05, 4.69) is 11.9 Å². The molecular weight excluding hydrogens is 344 g/mol. The monoisotopic (exact) mass is 366 g/mol. The Kier molecular flexibility index (Phi) is 6.33. The van der Waals surface area contributed by atoms with E-state index >= 15 is 0 Å². The average Bonchev–Trinajstić information content (AvgIpc) is 3.15. The fourth-order valence-corrected chi connectivity index (χ4v) is 4.02. The van der Waals surface area contributed by atoms with Crippen LogP contribution in [0.2, 0.25) is 0 Å². The molecule has 1 aliphatic rings. The molecule has 0 spiro atoms. The highest BCUT2D eigenvalue weighted by molar-refractivity contribution is 7.89. The second-order valence-corrected chi connectivity index (χ2v) is 7.66. The fourth-order valence-electron chi connectivity index (χ4n) is 2.46. The molecule has 0 bridgehead atoms. The van der Waals surface area contributed by atoms with Crippen molar-refractivity contribution in [3.8, 4) is 0 Å². The predicted molar refractivity (Wildman–Crippen MR) is 92.5 cm³/mol. The summed E-state index contributed by atoms with van der Waals surface area (Å²) in [5.41, 5.74) is 0.0867. The third-order valence-electron chi connectivity index (χ3n) is 3.85. The zero-order valence-corrected chi connectivity index (χ0v) is 14.9. The Labute approximate surface area is 147 Å². The van der Waals surface area contributed by atoms with Crippen LogP contribution < -0.4 is 5.32 Å². The molecule has 0 aromatic heterocycles. The van der Waals surface area contributed by atoms with Crippen molar-refractivity contribution in [3.63, 3.8) is 0 Å². The molecule has 2 rings (SSSR count). The summed E-state index contributed by atoms with van der Waals surface area (Å²) < 4.78 is 31.6. The van der Waals surface area contributed by atoms with Gasteiger partial charge in [0.2, 0.25) is 10.0 Å². The number of esters is 1. The number of carbonyl (C=O) groups is 2. The van der Waals surface area contributed by atoms with Gasteiger partial charge in [0.05, 0.1) is 10.5 Å². The molecule has 1 aliphatic heterocycles. The van der Waals surface area contributed by atoms with E-state index in [-0.39, 0.29) is 17.0 Å². The van der Waals surface area contributed by atoms with Gasteiger partial charge >= 0.3 is 5.97 Å². The highest BCUT2D eigenvalue weighted by Gasteiger charge is 2.28. The van der Waals surface area contributed by atoms with Gasteiger partial charge in [-0.15, -0.1) is 6.58 Å². The standard InChI is InChI=1S/C17H22N2O5S/c1-3-9-18-16(20)13(2)24-17(21)14-7-6-8-15(12-14)25(22,23)19-10-4-5-11-19/h3,6-8,12-13H,1,4-5,9-11H2,2H3,(H,18,20)/t13-/m0/s1. The van der Waals surface area contributed by atoms with Gasteiger partial charge in [-0.25, -0.2) is 13.2 Å². The summed E-state index contributed by atoms with van der Waals surface area (Å²) in [6, 6.07) is 5.68. The Balaban J connectivity index is 2.11. The smallest absolute Gasteiger partial charge is 0.338 e. The molecule has 0 radical (unpaired) electrons. The van der Waals surface area contributed by atoms with Gasteiger partial charge in [-0.1, -0.05) is 12.1 Å². The van der Waals surface area contributed by atoms with Crippen molar-refractivity contribution >= 4 is 21.9 Å². The quantitative estimate of drug-likeness (QED) is 0.580. The van der Waals surface area contributed by atoms with Crippen molar-refractivity contribution in [3.05, 3.63) is 42.5 Å². The van der Waals surface area contributed by atoms with Crippen molar-refractivity contribution in [2.45, 2.75) is 30.8 Å². The lowest BCUT2D eigenvalue weighted by molar-refractivity contribution is -0.128. The zero-order chi connectivity index (χ0) is 18.4. The lowest BCUT2D eigenvalue weighted by atomic mass is 10.2. The number of hydrogen-bond acceptors (Lipinski definition) is 5. The SMILES string of the molecule is C=CCNC(=O)[C@H](C)OC(=O)c1cccc(S(=O)(=O)N2CCCC2)c1. The van der Waals surface area contributed by atoms with E-state index in [1.165, 1.54) is 41.6 Å². The van der Waals surface area contributed by atoms with Crippen LogP contribution in [0.3, 0.4) is 0 Å². The minimum absolute atomic E-state index is 0.0487. The summed E-state index contributed by atoms with van der Waals surface area (Å²) in [7, 11) is -3.62. The number of sulfonamides is 1. The van der Waals surface area contributed by atoms with E-state index in [1.54, 1.807) is 0 Å². The van der Waals surface area contributed by atoms with Gasteiger partial charge in [0.1, 0.15) is 0 Å². The maximum atomic E-state index is 12.6. The van der Waals surface area contributed by atoms with Gasteiger partial charge in [-0.2, -0.15) is 4.31 Å². The first-order chi connectivity index (χ1) is 11.9. The second-order valence-electron chi connectivity index (χ2n) is 5.72. The Morgan fingerprint density at radius 2 is 2.04 bits per heavy atom. The van der Waals surface area contributed by atoms with E-state index in [1.807, 2.05) is 0 Å². The van der Waals surface area contributed by atoms with E-state index in [0.29, 0.717) is 13.1 Å². The molecule has 8 heteroatoms. The predicted octanol–water partition coefficient (Wildman–Crippen LogP) is 1.32. The van der Waals surface area contributed by atoms with Gasteiger partial charge in [-0.3, -0.25) is 4.79 Å². The van der Waals surface area contributed by atoms with Crippen LogP contribution in [-0.4, -0.2) is 50.3 Å². The number of amides is 1. The van der Waals surface area contributed by atoms with Crippen LogP contribution in [0.1, 0.15) is 30.1 Å². The summed E-state index contributed by atoms with van der Waals surface area (Å²) in [6.45, 7) is 6.16. The molecule has 1 aromatic carbocycles. The van der Waals surface area contributed by atoms with E-state index < -0.39 is 28.0 Å². The van der Waals surface area contributed by atoms with Crippen molar-refractivity contribution < 1.29 is 22.7 Å². The molecule has 1 atom stereocenters. The lowest BCUT2D eigenvalue weighted by Gasteiger charge is -2.16. The summed E-state index contributed by atoms with van der Waals surface area (Å²) in [4.78, 5) is 24.0. The van der Waals surface area contributed by atoms with Crippen LogP contribution in [0.25, 0.3) is 0 Å². The Morgan fingerprint density at radius 3 is 2.68 bits per heavy atom. The van der Waals surface area contributed by atoms with Crippen LogP contribution in [0.5, 0.6) is 0 Å². The number of hydrogen-bond donors (Lipinski definition) is 1. The summed E-state index contributed by atoms with van der Waals surface area (Å²) in [5.74, 6) is -1.20. The van der Waals surface area contributed by atoms with Gasteiger partial charge in [-0.05, 0) is 38.0 Å². The molecule has 136 valence electrons. The van der Waals surface area contributed by atoms with Crippen LogP contribution in [-0.2, 0) is 19.6 Å². The maximum Gasteiger partial charge on any atom is 0.338 e. The maximum absolute atomic E-state index is 12.6. The summed E-state index contributed by atoms with van der Waals surface area (Å²) in [6.07, 6.45) is 2.18. The Hall–Kier alpha value is -2.19. The van der Waals surface area contributed by atoms with Gasteiger partial charge in [0.25, 0.3) is 5.91 Å². The average molecular weight is 366 g/mol. The molecular formula is C17H22N2O5S. The molecule has 7 nitrogen and oxygen atoms in total. The normalized spacial score (nSPS) is 16.2. The highest BCUT2D eigenvalue weighted by atomic mass is 32.2. The third-order valence-corrected chi connectivity index (χ3v) is 5.74. The first-order valence-electron chi connectivity index (χ1n) is 8.06. The number of carbonyl (C=O) groups excluding carboxylic acids is 2. The van der Waals surface area contributed by atoms with Gasteiger partial charge < -0.3 is 10.1 Å². The van der Waals surface area contributed by atoms with Crippen molar-refractivity contribution in [1.29, 1.82) is 0 Å². The van der Waals surface area contributed by atoms with Crippen molar-refractivity contribution in [1.82, 2.24) is 9.62 Å². The number of nitrogens with one attached hydrogen (secondary N) is 1. The van der Waals surface area contributed by atoms with E-state index in [0.717, 1.165) is 12.8 Å². The molecule has 1 saturated heterocycles. The molecule has 0 unspecified atom stereocenters. The summed E-state index contributed by atoms with van der Waals surface area (Å²) in [5, 5.41) is 2.52. The van der Waals surface area contributed by atoms with Crippen molar-refractivity contribution in [2.24, 2.45) is 0 Å². The first kappa shape index (κ1) is 19.1. The molecule has 0 aliphatic carbocycles. The fraction of sp³-hybridized carbons (Fsp3) is 0.412. The molecule has 1 heterocycles. The Bertz CT molecular complexity index is 754. The van der Waals surface area contributed by atoms with Crippen LogP contribution in [0, 0.1) is 0 Å². The number of ether oxygens (including phenoxy) is 1.